The van der Waals surface area contributed by atoms with Gasteiger partial charge in [0.15, 0.2) is 0 Å². The molecule has 2 atom stereocenters. The van der Waals surface area contributed by atoms with Crippen molar-refractivity contribution in [3.8, 4) is 0 Å². The molecule has 0 bridgehead atoms. The first kappa shape index (κ1) is 58.4. The van der Waals surface area contributed by atoms with Crippen LogP contribution < -0.4 is 24.8 Å². The van der Waals surface area contributed by atoms with Crippen LogP contribution in [-0.2, 0) is 44.6 Å². The first-order chi connectivity index (χ1) is 29.2. The summed E-state index contributed by atoms with van der Waals surface area (Å²) in [4.78, 5) is 99.1. The Morgan fingerprint density at radius 1 is 0.646 bits per heavy atom. The first-order valence-corrected chi connectivity index (χ1v) is 32.0. The van der Waals surface area contributed by atoms with E-state index >= 15 is 0 Å². The molecule has 0 aliphatic rings. The topological polar surface area (TPSA) is 241 Å². The van der Waals surface area contributed by atoms with Crippen molar-refractivity contribution in [3.63, 3.8) is 0 Å². The Morgan fingerprint density at radius 3 is 1.58 bits per heavy atom. The maximum absolute atomic E-state index is 13.5. The molecule has 0 heterocycles. The molecule has 0 saturated heterocycles. The number of hydrogen-bond acceptors (Lipinski definition) is 13. The summed E-state index contributed by atoms with van der Waals surface area (Å²) < 4.78 is 28.2. The number of amides is 5. The molecule has 0 fully saturated rings. The van der Waals surface area contributed by atoms with Crippen molar-refractivity contribution in [2.45, 2.75) is 197 Å². The molecule has 0 radical (unpaired) electrons. The number of alkyl carbamates (subject to hydrolysis) is 1. The van der Waals surface area contributed by atoms with Crippen LogP contribution in [0.25, 0.3) is 0 Å². The van der Waals surface area contributed by atoms with Gasteiger partial charge in [-0.3, -0.25) is 4.79 Å². The second kappa shape index (κ2) is 23.7. The van der Waals surface area contributed by atoms with Crippen molar-refractivity contribution >= 4 is 69.9 Å². The van der Waals surface area contributed by atoms with Gasteiger partial charge in [-0.05, 0) is 68.7 Å². The molecule has 1 aromatic rings. The van der Waals surface area contributed by atoms with Gasteiger partial charge in [0.2, 0.25) is 0 Å². The van der Waals surface area contributed by atoms with E-state index in [2.05, 4.69) is 36.1 Å². The van der Waals surface area contributed by atoms with Gasteiger partial charge in [-0.1, -0.05) is 0 Å². The van der Waals surface area contributed by atoms with E-state index in [-0.39, 0.29) is 38.3 Å². The predicted molar refractivity (Wildman–Crippen MR) is 250 cm³/mol. The fourth-order valence-electron chi connectivity index (χ4n) is 5.78. The Bertz CT molecular complexity index is 1860. The van der Waals surface area contributed by atoms with Crippen molar-refractivity contribution in [2.75, 3.05) is 6.54 Å². The summed E-state index contributed by atoms with van der Waals surface area (Å²) in [6, 6.07) is 1.97. The Morgan fingerprint density at radius 2 is 1.12 bits per heavy atom. The van der Waals surface area contributed by atoms with Crippen LogP contribution in [0.4, 0.5) is 14.4 Å². The molecular weight excluding hydrogens is 947 g/mol. The Kier molecular flexibility index (Phi) is 21.3. The van der Waals surface area contributed by atoms with Crippen molar-refractivity contribution < 1.29 is 57.2 Å². The number of nitrogens with one attached hydrogen (secondary N) is 5. The van der Waals surface area contributed by atoms with Gasteiger partial charge in [0.05, 0.1) is 0 Å². The van der Waals surface area contributed by atoms with E-state index in [1.807, 2.05) is 0 Å². The smallest absolute Gasteiger partial charge is 0.458 e. The molecule has 1 rings (SSSR count). The second-order valence-electron chi connectivity index (χ2n) is 21.8. The number of unbranched alkanes of at least 4 members (excludes halogenated alkanes) is 1. The van der Waals surface area contributed by atoms with Crippen LogP contribution >= 0.6 is 0 Å². The number of benzene rings is 1. The number of hydrogen-bond donors (Lipinski definition) is 5. The van der Waals surface area contributed by atoms with Crippen LogP contribution in [0.5, 0.6) is 0 Å². The van der Waals surface area contributed by atoms with Gasteiger partial charge in [-0.2, -0.15) is 0 Å². The van der Waals surface area contributed by atoms with Gasteiger partial charge in [0, 0.05) is 6.42 Å². The average molecular weight is 1030 g/mol. The molecule has 65 heavy (non-hydrogen) atoms. The molecule has 0 aliphatic carbocycles. The number of esters is 3. The predicted octanol–water partition coefficient (Wildman–Crippen LogP) is 7.17. The molecule has 0 aromatic heterocycles. The molecule has 0 spiro atoms. The van der Waals surface area contributed by atoms with Gasteiger partial charge in [-0.25, -0.2) is 9.59 Å². The van der Waals surface area contributed by atoms with E-state index in [0.29, 0.717) is 24.0 Å². The summed E-state index contributed by atoms with van der Waals surface area (Å²) >= 11 is -3.08. The molecular formula is C46H78N6O12Sn. The van der Waals surface area contributed by atoms with Gasteiger partial charge in [-0.15, -0.1) is 0 Å². The minimum absolute atomic E-state index is 0.111. The number of nitrogens with zero attached hydrogens (tertiary/aromatic N) is 1. The molecule has 18 nitrogen and oxygen atoms in total. The van der Waals surface area contributed by atoms with Crippen molar-refractivity contribution in [1.29, 1.82) is 5.41 Å². The normalized spacial score (nSPS) is 13.3. The standard InChI is InChI=1S/C43H69N6O12.3CH3.Sn/c1-39(2,3)57-31(50)24-23-30(34(53)59-41(7,8)9)47-36(54)46-29(33(52)58-40(4,5)6)18-16-17-25-45-32(51)28-21-19-27(20-22-28)26-49(38(56)61-43(13,14)15)35(44)48-37(55)60-42(10,11)12;;;;/h19,21-22,29-30H,16-18,23-26H2,1-15H3,(H,45,51)(H2,44,48,55)(H2,46,47,54);3*1H3;. The zero-order valence-electron chi connectivity index (χ0n) is 42.2. The van der Waals surface area contributed by atoms with E-state index in [1.165, 1.54) is 0 Å². The molecule has 368 valence electrons. The number of guanidine groups is 1. The van der Waals surface area contributed by atoms with Crippen LogP contribution in [-0.4, -0.2) is 118 Å². The monoisotopic (exact) mass is 1030 g/mol. The van der Waals surface area contributed by atoms with Gasteiger partial charge >= 0.3 is 265 Å². The number of rotatable bonds is 16. The van der Waals surface area contributed by atoms with Gasteiger partial charge in [0.25, 0.3) is 0 Å². The summed E-state index contributed by atoms with van der Waals surface area (Å²) in [5.41, 5.74) is -3.15. The van der Waals surface area contributed by atoms with Crippen molar-refractivity contribution in [1.82, 2.24) is 26.2 Å². The Labute approximate surface area is 390 Å². The fraction of sp³-hybridized carbons (Fsp3) is 0.696. The minimum atomic E-state index is -3.08. The summed E-state index contributed by atoms with van der Waals surface area (Å²) in [5.74, 6) is -2.89. The zero-order chi connectivity index (χ0) is 50.5. The third-order valence-corrected chi connectivity index (χ3v) is 14.2. The summed E-state index contributed by atoms with van der Waals surface area (Å²) in [6.07, 6.45) is -1.11. The molecule has 0 aliphatic heterocycles. The SMILES string of the molecule is CC(C)(C)OC(=O)CCC(NC(=O)NC(CCCCNC(=O)c1ccc(CN(C(=N)NC(=O)OC(C)(C)C)C(=O)OC(C)(C)C)[c]([Sn]([CH3])([CH3])[CH3])c1)C(=O)OC(C)(C)C)C(=O)OC(C)(C)C. The van der Waals surface area contributed by atoms with Crippen LogP contribution in [0.15, 0.2) is 18.2 Å². The quantitative estimate of drug-likeness (QED) is 0.0277. The molecule has 5 N–H and O–H groups in total. The van der Waals surface area contributed by atoms with E-state index < -0.39 is 101 Å². The van der Waals surface area contributed by atoms with Crippen molar-refractivity contribution in [2.24, 2.45) is 0 Å². The third kappa shape index (κ3) is 25.0. The minimum Gasteiger partial charge on any atom is -0.458 e. The first-order valence-electron chi connectivity index (χ1n) is 22.0. The maximum atomic E-state index is 13.5. The number of carbonyl (C=O) groups is 7. The Balaban J connectivity index is 3.19. The van der Waals surface area contributed by atoms with Gasteiger partial charge in [0.1, 0.15) is 22.8 Å². The van der Waals surface area contributed by atoms with Crippen molar-refractivity contribution in [3.05, 3.63) is 29.3 Å². The molecule has 1 aromatic carbocycles. The average Bonchev–Trinajstić information content (AvgIpc) is 3.07. The molecule has 0 saturated carbocycles. The number of carbonyl (C=O) groups excluding carboxylic acids is 7. The molecule has 5 amide bonds. The van der Waals surface area contributed by atoms with Crippen LogP contribution in [0.3, 0.4) is 0 Å². The van der Waals surface area contributed by atoms with E-state index in [4.69, 9.17) is 29.1 Å². The molecule has 19 heteroatoms. The number of urea groups is 1. The van der Waals surface area contributed by atoms with Crippen LogP contribution in [0.1, 0.15) is 152 Å². The fourth-order valence-corrected chi connectivity index (χ4v) is 10.7. The number of ether oxygens (including phenoxy) is 5. The van der Waals surface area contributed by atoms with Gasteiger partial charge < -0.3 is 14.8 Å². The summed E-state index contributed by atoms with van der Waals surface area (Å²) in [7, 11) is 0. The summed E-state index contributed by atoms with van der Waals surface area (Å²) in [6.45, 7) is 25.5. The summed E-state index contributed by atoms with van der Waals surface area (Å²) in [5, 5.41) is 19.1. The molecule has 2 unspecified atom stereocenters. The third-order valence-electron chi connectivity index (χ3n) is 8.27. The zero-order valence-corrected chi connectivity index (χ0v) is 45.0. The van der Waals surface area contributed by atoms with E-state index in [9.17, 15) is 33.6 Å². The van der Waals surface area contributed by atoms with Crippen LogP contribution in [0, 0.1) is 5.41 Å². The van der Waals surface area contributed by atoms with E-state index in [1.54, 1.807) is 122 Å². The van der Waals surface area contributed by atoms with E-state index in [0.717, 1.165) is 8.48 Å². The van der Waals surface area contributed by atoms with Crippen LogP contribution in [0.2, 0.25) is 14.8 Å². The Hall–Kier alpha value is -4.62. The second-order valence-corrected chi connectivity index (χ2v) is 36.2.